The molecule has 0 unspecified atom stereocenters. The van der Waals surface area contributed by atoms with Crippen LogP contribution in [0.4, 0.5) is 0 Å². The van der Waals surface area contributed by atoms with E-state index in [9.17, 15) is 0 Å². The summed E-state index contributed by atoms with van der Waals surface area (Å²) in [4.78, 5) is 9.75. The number of thiophene rings is 1. The van der Waals surface area contributed by atoms with Crippen LogP contribution in [0, 0.1) is 0 Å². The van der Waals surface area contributed by atoms with E-state index < -0.39 is 0 Å². The van der Waals surface area contributed by atoms with Gasteiger partial charge in [-0.3, -0.25) is 4.98 Å². The minimum atomic E-state index is 0.852. The van der Waals surface area contributed by atoms with E-state index in [0.29, 0.717) is 0 Å². The van der Waals surface area contributed by atoms with Gasteiger partial charge in [0.2, 0.25) is 0 Å². The molecule has 2 nitrogen and oxygen atoms in total. The summed E-state index contributed by atoms with van der Waals surface area (Å²) in [5.74, 6) is 0. The van der Waals surface area contributed by atoms with E-state index in [4.69, 9.17) is 4.98 Å². The fourth-order valence-corrected chi connectivity index (χ4v) is 9.58. The second-order valence-corrected chi connectivity index (χ2v) is 15.6. The number of nitrogens with zero attached hydrogens (tertiary/aromatic N) is 2. The molecule has 0 amide bonds. The standard InChI is InChI=1S/C54H34N2S/c1-2-15-43-39(12-1)34-49(46-17-4-3-16-45(43)46)38-14-9-13-37(30-38)41-31-40(32-42(33-41)50-22-11-23-52(56-50)51-21-7-8-29-55-51)35-25-27-36(28-26-35)44-19-10-20-48-47-18-5-6-24-53(47)57-54(44)48/h1-34H. The lowest BCUT2D eigenvalue weighted by atomic mass is 9.90. The van der Waals surface area contributed by atoms with Gasteiger partial charge in [0.15, 0.2) is 0 Å². The molecule has 0 atom stereocenters. The van der Waals surface area contributed by atoms with Crippen molar-refractivity contribution in [2.75, 3.05) is 0 Å². The van der Waals surface area contributed by atoms with Gasteiger partial charge in [-0.25, -0.2) is 4.98 Å². The Kier molecular flexibility index (Phi) is 8.04. The monoisotopic (exact) mass is 742 g/mol. The molecule has 0 aliphatic heterocycles. The van der Waals surface area contributed by atoms with Crippen LogP contribution in [0.15, 0.2) is 206 Å². The van der Waals surface area contributed by atoms with E-state index in [0.717, 1.165) is 44.9 Å². The molecule has 3 aromatic heterocycles. The Hall–Kier alpha value is -7.20. The molecule has 0 aliphatic rings. The Bertz CT molecular complexity index is 3290. The van der Waals surface area contributed by atoms with Crippen LogP contribution in [-0.4, -0.2) is 9.97 Å². The summed E-state index contributed by atoms with van der Waals surface area (Å²) >= 11 is 1.87. The number of pyridine rings is 2. The van der Waals surface area contributed by atoms with Gasteiger partial charge in [-0.2, -0.15) is 0 Å². The van der Waals surface area contributed by atoms with Gasteiger partial charge >= 0.3 is 0 Å². The van der Waals surface area contributed by atoms with Gasteiger partial charge in [0.25, 0.3) is 0 Å². The third kappa shape index (κ3) is 5.97. The quantitative estimate of drug-likeness (QED) is 0.159. The summed E-state index contributed by atoms with van der Waals surface area (Å²) in [6.07, 6.45) is 1.82. The molecule has 0 spiro atoms. The first-order chi connectivity index (χ1) is 28.2. The second-order valence-electron chi connectivity index (χ2n) is 14.6. The molecule has 0 aliphatic carbocycles. The molecule has 3 heteroatoms. The molecule has 0 saturated carbocycles. The molecule has 0 bridgehead atoms. The zero-order chi connectivity index (χ0) is 37.7. The van der Waals surface area contributed by atoms with Crippen LogP contribution < -0.4 is 0 Å². The molecule has 3 heterocycles. The lowest BCUT2D eigenvalue weighted by Gasteiger charge is -2.14. The summed E-state index contributed by atoms with van der Waals surface area (Å²) in [5, 5.41) is 7.67. The van der Waals surface area contributed by atoms with Gasteiger partial charge in [0, 0.05) is 31.9 Å². The van der Waals surface area contributed by atoms with Crippen molar-refractivity contribution in [3.05, 3.63) is 206 Å². The molecule has 0 fully saturated rings. The van der Waals surface area contributed by atoms with E-state index in [1.807, 2.05) is 41.8 Å². The van der Waals surface area contributed by atoms with E-state index in [1.165, 1.54) is 64.0 Å². The number of aromatic nitrogens is 2. The maximum atomic E-state index is 5.15. The van der Waals surface area contributed by atoms with Crippen LogP contribution in [0.5, 0.6) is 0 Å². The third-order valence-electron chi connectivity index (χ3n) is 11.1. The van der Waals surface area contributed by atoms with E-state index in [2.05, 4.69) is 181 Å². The molecular formula is C54H34N2S. The Morgan fingerprint density at radius 1 is 0.316 bits per heavy atom. The molecule has 0 saturated heterocycles. The molecule has 8 aromatic carbocycles. The van der Waals surface area contributed by atoms with Crippen LogP contribution in [0.1, 0.15) is 0 Å². The zero-order valence-corrected chi connectivity index (χ0v) is 31.7. The van der Waals surface area contributed by atoms with E-state index in [-0.39, 0.29) is 0 Å². The Balaban J connectivity index is 1.05. The number of fused-ring (bicyclic) bond motifs is 6. The number of rotatable bonds is 6. The minimum absolute atomic E-state index is 0.852. The Labute approximate surface area is 335 Å². The first-order valence-corrected chi connectivity index (χ1v) is 20.1. The first kappa shape index (κ1) is 33.2. The van der Waals surface area contributed by atoms with Gasteiger partial charge in [-0.15, -0.1) is 11.3 Å². The van der Waals surface area contributed by atoms with Crippen molar-refractivity contribution in [2.45, 2.75) is 0 Å². The highest BCUT2D eigenvalue weighted by Gasteiger charge is 2.14. The van der Waals surface area contributed by atoms with Crippen LogP contribution in [0.25, 0.3) is 109 Å². The van der Waals surface area contributed by atoms with Crippen LogP contribution >= 0.6 is 11.3 Å². The largest absolute Gasteiger partial charge is 0.255 e. The average Bonchev–Trinajstić information content (AvgIpc) is 3.68. The van der Waals surface area contributed by atoms with Crippen molar-refractivity contribution < 1.29 is 0 Å². The molecule has 11 rings (SSSR count). The summed E-state index contributed by atoms with van der Waals surface area (Å²) in [7, 11) is 0. The summed E-state index contributed by atoms with van der Waals surface area (Å²) in [5.41, 5.74) is 13.2. The number of hydrogen-bond donors (Lipinski definition) is 0. The fraction of sp³-hybridized carbons (Fsp3) is 0. The SMILES string of the molecule is c1ccc(-c2cccc(-c3cc(-c4ccc(-c5cccc6c5sc5ccccc56)cc4)cc(-c4cccc(-c5cc6ccccc6c6ccccc56)c4)c3)n2)nc1. The van der Waals surface area contributed by atoms with Crippen LogP contribution in [-0.2, 0) is 0 Å². The lowest BCUT2D eigenvalue weighted by Crippen LogP contribution is -1.92. The minimum Gasteiger partial charge on any atom is -0.255 e. The van der Waals surface area contributed by atoms with E-state index in [1.54, 1.807) is 0 Å². The smallest absolute Gasteiger partial charge is 0.0893 e. The third-order valence-corrected chi connectivity index (χ3v) is 12.3. The van der Waals surface area contributed by atoms with Crippen molar-refractivity contribution in [2.24, 2.45) is 0 Å². The normalized spacial score (nSPS) is 11.5. The van der Waals surface area contributed by atoms with Crippen molar-refractivity contribution in [3.63, 3.8) is 0 Å². The predicted octanol–water partition coefficient (Wildman–Crippen LogP) is 15.2. The maximum Gasteiger partial charge on any atom is 0.0893 e. The predicted molar refractivity (Wildman–Crippen MR) is 243 cm³/mol. The van der Waals surface area contributed by atoms with Crippen LogP contribution in [0.2, 0.25) is 0 Å². The highest BCUT2D eigenvalue weighted by molar-refractivity contribution is 7.26. The first-order valence-electron chi connectivity index (χ1n) is 19.3. The highest BCUT2D eigenvalue weighted by atomic mass is 32.1. The average molecular weight is 743 g/mol. The van der Waals surface area contributed by atoms with Gasteiger partial charge in [-0.1, -0.05) is 140 Å². The highest BCUT2D eigenvalue weighted by Crippen LogP contribution is 2.42. The molecule has 11 aromatic rings. The van der Waals surface area contributed by atoms with Crippen molar-refractivity contribution >= 4 is 53.1 Å². The van der Waals surface area contributed by atoms with Crippen LogP contribution in [0.3, 0.4) is 0 Å². The zero-order valence-electron chi connectivity index (χ0n) is 30.9. The topological polar surface area (TPSA) is 25.8 Å². The Morgan fingerprint density at radius 3 is 1.79 bits per heavy atom. The second kappa shape index (κ2) is 13.8. The fourth-order valence-electron chi connectivity index (χ4n) is 8.34. The van der Waals surface area contributed by atoms with E-state index >= 15 is 0 Å². The van der Waals surface area contributed by atoms with Gasteiger partial charge in [0.1, 0.15) is 0 Å². The number of hydrogen-bond acceptors (Lipinski definition) is 3. The lowest BCUT2D eigenvalue weighted by molar-refractivity contribution is 1.25. The molecular weight excluding hydrogens is 709 g/mol. The molecule has 57 heavy (non-hydrogen) atoms. The summed E-state index contributed by atoms with van der Waals surface area (Å²) < 4.78 is 2.65. The maximum absolute atomic E-state index is 5.15. The summed E-state index contributed by atoms with van der Waals surface area (Å²) in [6.45, 7) is 0. The van der Waals surface area contributed by atoms with Crippen molar-refractivity contribution in [1.82, 2.24) is 9.97 Å². The van der Waals surface area contributed by atoms with Gasteiger partial charge in [-0.05, 0) is 127 Å². The molecule has 266 valence electrons. The van der Waals surface area contributed by atoms with Gasteiger partial charge < -0.3 is 0 Å². The van der Waals surface area contributed by atoms with Crippen molar-refractivity contribution in [1.29, 1.82) is 0 Å². The van der Waals surface area contributed by atoms with Gasteiger partial charge in [0.05, 0.1) is 17.1 Å². The molecule has 0 N–H and O–H groups in total. The number of benzene rings is 8. The van der Waals surface area contributed by atoms with Crippen molar-refractivity contribution in [3.8, 4) is 67.2 Å². The molecule has 0 radical (unpaired) electrons. The Morgan fingerprint density at radius 2 is 0.930 bits per heavy atom. The summed E-state index contributed by atoms with van der Waals surface area (Å²) in [6, 6.07) is 72.2.